The lowest BCUT2D eigenvalue weighted by molar-refractivity contribution is -0.0512. The fourth-order valence-corrected chi connectivity index (χ4v) is 3.42. The molecule has 1 aromatic rings. The first-order valence-electron chi connectivity index (χ1n) is 7.74. The zero-order valence-corrected chi connectivity index (χ0v) is 14.0. The summed E-state index contributed by atoms with van der Waals surface area (Å²) in [7, 11) is 1.45. The summed E-state index contributed by atoms with van der Waals surface area (Å²) in [6, 6.07) is 6.45. The molecule has 7 heteroatoms. The van der Waals surface area contributed by atoms with Crippen molar-refractivity contribution in [3.63, 3.8) is 0 Å². The molecule has 0 aromatic heterocycles. The number of rotatable bonds is 5. The van der Waals surface area contributed by atoms with Crippen LogP contribution in [0.3, 0.4) is 0 Å². The van der Waals surface area contributed by atoms with Crippen LogP contribution in [-0.2, 0) is 6.54 Å². The van der Waals surface area contributed by atoms with Gasteiger partial charge in [0.1, 0.15) is 0 Å². The largest absolute Gasteiger partial charge is 0.493 e. The standard InChI is InChI=1S/C16H22F2N2O2.ClH/c1-21-14-5-2-11(8-15(14)22-16(17)18)9-20-7-6-12-3-4-13(10-20)19-12;/h2,5,8,12-13,16,19H,3-4,6-7,9-10H2,1H3;1H. The van der Waals surface area contributed by atoms with Gasteiger partial charge in [0.25, 0.3) is 0 Å². The van der Waals surface area contributed by atoms with Gasteiger partial charge in [-0.2, -0.15) is 8.78 Å². The van der Waals surface area contributed by atoms with Gasteiger partial charge in [0, 0.05) is 31.7 Å². The zero-order chi connectivity index (χ0) is 15.5. The van der Waals surface area contributed by atoms with Gasteiger partial charge in [0.2, 0.25) is 0 Å². The summed E-state index contributed by atoms with van der Waals surface area (Å²) in [5.41, 5.74) is 0.967. The molecule has 3 rings (SSSR count). The topological polar surface area (TPSA) is 33.7 Å². The summed E-state index contributed by atoms with van der Waals surface area (Å²) in [5, 5.41) is 3.64. The first-order chi connectivity index (χ1) is 10.6. The highest BCUT2D eigenvalue weighted by molar-refractivity contribution is 5.85. The summed E-state index contributed by atoms with van der Waals surface area (Å²) in [6.07, 6.45) is 3.64. The van der Waals surface area contributed by atoms with E-state index in [0.29, 0.717) is 17.8 Å². The van der Waals surface area contributed by atoms with E-state index in [-0.39, 0.29) is 18.2 Å². The van der Waals surface area contributed by atoms with E-state index in [4.69, 9.17) is 4.74 Å². The predicted octanol–water partition coefficient (Wildman–Crippen LogP) is 3.04. The lowest BCUT2D eigenvalue weighted by Gasteiger charge is -2.24. The van der Waals surface area contributed by atoms with Crippen molar-refractivity contribution >= 4 is 12.4 Å². The maximum absolute atomic E-state index is 12.5. The molecule has 2 fully saturated rings. The molecule has 1 aromatic carbocycles. The molecule has 0 saturated carbocycles. The second-order valence-electron chi connectivity index (χ2n) is 6.03. The van der Waals surface area contributed by atoms with E-state index < -0.39 is 6.61 Å². The summed E-state index contributed by atoms with van der Waals surface area (Å²) in [4.78, 5) is 2.38. The Bertz CT molecular complexity index is 519. The van der Waals surface area contributed by atoms with E-state index >= 15 is 0 Å². The minimum Gasteiger partial charge on any atom is -0.493 e. The Balaban J connectivity index is 0.00000192. The first-order valence-corrected chi connectivity index (χ1v) is 7.74. The van der Waals surface area contributed by atoms with Gasteiger partial charge < -0.3 is 14.8 Å². The number of benzene rings is 1. The van der Waals surface area contributed by atoms with Gasteiger partial charge >= 0.3 is 6.61 Å². The highest BCUT2D eigenvalue weighted by Gasteiger charge is 2.29. The van der Waals surface area contributed by atoms with Gasteiger partial charge in [-0.1, -0.05) is 6.07 Å². The molecule has 23 heavy (non-hydrogen) atoms. The van der Waals surface area contributed by atoms with Gasteiger partial charge in [-0.3, -0.25) is 4.90 Å². The average molecular weight is 349 g/mol. The second-order valence-corrected chi connectivity index (χ2v) is 6.03. The fraction of sp³-hybridized carbons (Fsp3) is 0.625. The van der Waals surface area contributed by atoms with Crippen LogP contribution in [0, 0.1) is 0 Å². The second kappa shape index (κ2) is 8.13. The Morgan fingerprint density at radius 2 is 2.00 bits per heavy atom. The van der Waals surface area contributed by atoms with Crippen LogP contribution in [-0.4, -0.2) is 43.8 Å². The van der Waals surface area contributed by atoms with Crippen molar-refractivity contribution in [2.24, 2.45) is 0 Å². The molecule has 1 N–H and O–H groups in total. The molecule has 2 unspecified atom stereocenters. The van der Waals surface area contributed by atoms with Crippen molar-refractivity contribution in [3.05, 3.63) is 23.8 Å². The SMILES string of the molecule is COc1ccc(CN2CCC3CCC(C2)N3)cc1OC(F)F.Cl. The van der Waals surface area contributed by atoms with Crippen molar-refractivity contribution in [1.82, 2.24) is 10.2 Å². The zero-order valence-electron chi connectivity index (χ0n) is 13.1. The smallest absolute Gasteiger partial charge is 0.387 e. The highest BCUT2D eigenvalue weighted by atomic mass is 35.5. The summed E-state index contributed by atoms with van der Waals surface area (Å²) >= 11 is 0. The molecule has 2 heterocycles. The van der Waals surface area contributed by atoms with Crippen molar-refractivity contribution in [1.29, 1.82) is 0 Å². The molecule has 130 valence electrons. The van der Waals surface area contributed by atoms with E-state index in [2.05, 4.69) is 15.0 Å². The first kappa shape index (κ1) is 18.2. The van der Waals surface area contributed by atoms with Crippen LogP contribution in [0.5, 0.6) is 11.5 Å². The Morgan fingerprint density at radius 1 is 1.22 bits per heavy atom. The number of nitrogens with one attached hydrogen (secondary N) is 1. The minimum atomic E-state index is -2.85. The molecule has 2 atom stereocenters. The molecule has 2 aliphatic heterocycles. The van der Waals surface area contributed by atoms with Gasteiger partial charge in [0.15, 0.2) is 11.5 Å². The lowest BCUT2D eigenvalue weighted by Crippen LogP contribution is -2.34. The maximum Gasteiger partial charge on any atom is 0.387 e. The number of hydrogen-bond acceptors (Lipinski definition) is 4. The number of likely N-dealkylation sites (tertiary alicyclic amines) is 1. The minimum absolute atomic E-state index is 0. The number of ether oxygens (including phenoxy) is 2. The van der Waals surface area contributed by atoms with Crippen LogP contribution in [0.1, 0.15) is 24.8 Å². The Morgan fingerprint density at radius 3 is 2.74 bits per heavy atom. The third kappa shape index (κ3) is 4.68. The number of nitrogens with zero attached hydrogens (tertiary/aromatic N) is 1. The van der Waals surface area contributed by atoms with Crippen LogP contribution in [0.15, 0.2) is 18.2 Å². The molecule has 4 nitrogen and oxygen atoms in total. The summed E-state index contributed by atoms with van der Waals surface area (Å²) in [6.45, 7) is -0.0601. The molecule has 2 bridgehead atoms. The van der Waals surface area contributed by atoms with Crippen molar-refractivity contribution in [2.45, 2.75) is 44.5 Å². The molecule has 2 aliphatic rings. The Labute approximate surface area is 141 Å². The quantitative estimate of drug-likeness (QED) is 0.886. The number of halogens is 3. The lowest BCUT2D eigenvalue weighted by atomic mass is 10.1. The van der Waals surface area contributed by atoms with Crippen LogP contribution in [0.4, 0.5) is 8.78 Å². The molecule has 0 aliphatic carbocycles. The van der Waals surface area contributed by atoms with Crippen molar-refractivity contribution in [2.75, 3.05) is 20.2 Å². The van der Waals surface area contributed by atoms with Gasteiger partial charge in [-0.05, 0) is 37.0 Å². The van der Waals surface area contributed by atoms with E-state index in [9.17, 15) is 8.78 Å². The molecule has 2 saturated heterocycles. The Kier molecular flexibility index (Phi) is 6.44. The highest BCUT2D eigenvalue weighted by Crippen LogP contribution is 2.30. The van der Waals surface area contributed by atoms with Crippen LogP contribution in [0.2, 0.25) is 0 Å². The summed E-state index contributed by atoms with van der Waals surface area (Å²) in [5.74, 6) is 0.435. The van der Waals surface area contributed by atoms with Gasteiger partial charge in [0.05, 0.1) is 7.11 Å². The van der Waals surface area contributed by atoms with E-state index in [1.807, 2.05) is 6.07 Å². The van der Waals surface area contributed by atoms with Crippen molar-refractivity contribution < 1.29 is 18.3 Å². The molecule has 0 radical (unpaired) electrons. The predicted molar refractivity (Wildman–Crippen MR) is 86.7 cm³/mol. The molecular formula is C16H23ClF2N2O2. The normalized spacial score (nSPS) is 24.2. The Hall–Kier alpha value is -1.11. The van der Waals surface area contributed by atoms with E-state index in [1.165, 1.54) is 20.0 Å². The number of fused-ring (bicyclic) bond motifs is 2. The maximum atomic E-state index is 12.5. The third-order valence-electron chi connectivity index (χ3n) is 4.46. The van der Waals surface area contributed by atoms with Crippen LogP contribution >= 0.6 is 12.4 Å². The average Bonchev–Trinajstić information content (AvgIpc) is 2.81. The third-order valence-corrected chi connectivity index (χ3v) is 4.46. The van der Waals surface area contributed by atoms with Gasteiger partial charge in [-0.25, -0.2) is 0 Å². The van der Waals surface area contributed by atoms with Crippen LogP contribution in [0.25, 0.3) is 0 Å². The van der Waals surface area contributed by atoms with E-state index in [1.54, 1.807) is 12.1 Å². The van der Waals surface area contributed by atoms with E-state index in [0.717, 1.165) is 31.6 Å². The van der Waals surface area contributed by atoms with Gasteiger partial charge in [-0.15, -0.1) is 12.4 Å². The monoisotopic (exact) mass is 348 g/mol. The van der Waals surface area contributed by atoms with Crippen molar-refractivity contribution in [3.8, 4) is 11.5 Å². The molecule has 0 spiro atoms. The number of hydrogen-bond donors (Lipinski definition) is 1. The fourth-order valence-electron chi connectivity index (χ4n) is 3.42. The van der Waals surface area contributed by atoms with Crippen LogP contribution < -0.4 is 14.8 Å². The molecular weight excluding hydrogens is 326 g/mol. The summed E-state index contributed by atoms with van der Waals surface area (Å²) < 4.78 is 34.6. The number of alkyl halides is 2. The number of methoxy groups -OCH3 is 1. The molecule has 0 amide bonds.